The van der Waals surface area contributed by atoms with Crippen LogP contribution in [0.3, 0.4) is 0 Å². The van der Waals surface area contributed by atoms with Gasteiger partial charge in [-0.25, -0.2) is 0 Å². The Bertz CT molecular complexity index is 316. The molecular weight excluding hydrogens is 198 g/mol. The van der Waals surface area contributed by atoms with E-state index < -0.39 is 0 Å². The van der Waals surface area contributed by atoms with E-state index in [1.165, 1.54) is 12.0 Å². The number of rotatable bonds is 7. The Labute approximate surface area is 98.3 Å². The van der Waals surface area contributed by atoms with Crippen molar-refractivity contribution in [3.8, 4) is 5.75 Å². The normalized spacial score (nSPS) is 10.1. The van der Waals surface area contributed by atoms with Gasteiger partial charge in [0.1, 0.15) is 12.4 Å². The van der Waals surface area contributed by atoms with Crippen molar-refractivity contribution in [3.05, 3.63) is 42.0 Å². The molecule has 0 atom stereocenters. The predicted molar refractivity (Wildman–Crippen MR) is 69.0 cm³/mol. The molecule has 0 aliphatic heterocycles. The molecule has 16 heavy (non-hydrogen) atoms. The Morgan fingerprint density at radius 2 is 2.00 bits per heavy atom. The van der Waals surface area contributed by atoms with Gasteiger partial charge in [0.2, 0.25) is 0 Å². The lowest BCUT2D eigenvalue weighted by Gasteiger charge is -2.08. The van der Waals surface area contributed by atoms with Crippen LogP contribution in [0.2, 0.25) is 0 Å². The predicted octanol–water partition coefficient (Wildman–Crippen LogP) is 2.79. The number of likely N-dealkylation sites (N-methyl/N-ethyl adjacent to an activating group) is 1. The fourth-order valence-electron chi connectivity index (χ4n) is 1.53. The average molecular weight is 219 g/mol. The molecule has 0 spiro atoms. The van der Waals surface area contributed by atoms with Crippen LogP contribution in [0.5, 0.6) is 5.75 Å². The topological polar surface area (TPSA) is 21.3 Å². The molecule has 0 aromatic heterocycles. The fourth-order valence-corrected chi connectivity index (χ4v) is 1.53. The van der Waals surface area contributed by atoms with Gasteiger partial charge in [0.15, 0.2) is 0 Å². The van der Waals surface area contributed by atoms with Gasteiger partial charge in [0.25, 0.3) is 0 Å². The molecule has 0 unspecified atom stereocenters. The maximum atomic E-state index is 5.61. The first kappa shape index (κ1) is 12.8. The van der Waals surface area contributed by atoms with Crippen molar-refractivity contribution in [2.24, 2.45) is 0 Å². The van der Waals surface area contributed by atoms with Crippen LogP contribution in [0, 0.1) is 0 Å². The molecule has 0 aliphatic carbocycles. The van der Waals surface area contributed by atoms with E-state index in [1.54, 1.807) is 0 Å². The first-order valence-electron chi connectivity index (χ1n) is 5.79. The molecule has 1 rings (SSSR count). The third-order valence-corrected chi connectivity index (χ3v) is 2.33. The zero-order valence-corrected chi connectivity index (χ0v) is 10.3. The van der Waals surface area contributed by atoms with E-state index in [2.05, 4.69) is 31.0 Å². The summed E-state index contributed by atoms with van der Waals surface area (Å²) < 4.78 is 5.61. The highest BCUT2D eigenvalue weighted by Crippen LogP contribution is 2.13. The molecule has 0 fully saturated rings. The summed E-state index contributed by atoms with van der Waals surface area (Å²) in [5.74, 6) is 0.914. The van der Waals surface area contributed by atoms with E-state index in [0.717, 1.165) is 24.3 Å². The van der Waals surface area contributed by atoms with Crippen molar-refractivity contribution in [2.75, 3.05) is 20.2 Å². The van der Waals surface area contributed by atoms with E-state index in [9.17, 15) is 0 Å². The number of hydrogen-bond acceptors (Lipinski definition) is 2. The maximum Gasteiger partial charge on any atom is 0.119 e. The zero-order valence-electron chi connectivity index (χ0n) is 10.3. The Kier molecular flexibility index (Phi) is 5.65. The van der Waals surface area contributed by atoms with Crippen LogP contribution in [0.15, 0.2) is 36.4 Å². The lowest BCUT2D eigenvalue weighted by atomic mass is 10.1. The summed E-state index contributed by atoms with van der Waals surface area (Å²) in [5.41, 5.74) is 2.42. The maximum absolute atomic E-state index is 5.61. The lowest BCUT2D eigenvalue weighted by Crippen LogP contribution is -2.14. The van der Waals surface area contributed by atoms with Crippen LogP contribution in [-0.4, -0.2) is 20.2 Å². The SMILES string of the molecule is C=C(CNC)COc1ccc(CCC)cc1. The summed E-state index contributed by atoms with van der Waals surface area (Å²) in [6.07, 6.45) is 2.31. The monoisotopic (exact) mass is 219 g/mol. The summed E-state index contributed by atoms with van der Waals surface area (Å²) in [6, 6.07) is 8.30. The van der Waals surface area contributed by atoms with Crippen molar-refractivity contribution in [3.63, 3.8) is 0 Å². The third kappa shape index (κ3) is 4.49. The number of hydrogen-bond donors (Lipinski definition) is 1. The minimum absolute atomic E-state index is 0.577. The van der Waals surface area contributed by atoms with Crippen molar-refractivity contribution < 1.29 is 4.74 Å². The van der Waals surface area contributed by atoms with Crippen LogP contribution in [0.1, 0.15) is 18.9 Å². The number of aryl methyl sites for hydroxylation is 1. The molecule has 2 heteroatoms. The molecule has 0 heterocycles. The van der Waals surface area contributed by atoms with Crippen molar-refractivity contribution in [1.82, 2.24) is 5.32 Å². The molecule has 1 N–H and O–H groups in total. The summed E-state index contributed by atoms with van der Waals surface area (Å²) in [6.45, 7) is 7.48. The van der Waals surface area contributed by atoms with Gasteiger partial charge in [-0.05, 0) is 36.7 Å². The lowest BCUT2D eigenvalue weighted by molar-refractivity contribution is 0.349. The average Bonchev–Trinajstić information content (AvgIpc) is 2.29. The van der Waals surface area contributed by atoms with Gasteiger partial charge < -0.3 is 10.1 Å². The van der Waals surface area contributed by atoms with Crippen molar-refractivity contribution in [2.45, 2.75) is 19.8 Å². The minimum Gasteiger partial charge on any atom is -0.489 e. The fraction of sp³-hybridized carbons (Fsp3) is 0.429. The van der Waals surface area contributed by atoms with E-state index in [1.807, 2.05) is 19.2 Å². The van der Waals surface area contributed by atoms with Crippen LogP contribution in [-0.2, 0) is 6.42 Å². The molecule has 0 aliphatic rings. The largest absolute Gasteiger partial charge is 0.489 e. The minimum atomic E-state index is 0.577. The zero-order chi connectivity index (χ0) is 11.8. The third-order valence-electron chi connectivity index (χ3n) is 2.33. The molecule has 0 saturated heterocycles. The molecule has 0 saturated carbocycles. The molecule has 2 nitrogen and oxygen atoms in total. The first-order chi connectivity index (χ1) is 7.76. The number of nitrogens with one attached hydrogen (secondary N) is 1. The molecule has 88 valence electrons. The molecule has 0 amide bonds. The summed E-state index contributed by atoms with van der Waals surface area (Å²) >= 11 is 0. The second kappa shape index (κ2) is 7.07. The second-order valence-corrected chi connectivity index (χ2v) is 3.96. The molecular formula is C14H21NO. The first-order valence-corrected chi connectivity index (χ1v) is 5.79. The van der Waals surface area contributed by atoms with E-state index >= 15 is 0 Å². The van der Waals surface area contributed by atoms with E-state index in [0.29, 0.717) is 6.61 Å². The second-order valence-electron chi connectivity index (χ2n) is 3.96. The van der Waals surface area contributed by atoms with Gasteiger partial charge in [0, 0.05) is 6.54 Å². The van der Waals surface area contributed by atoms with Crippen LogP contribution < -0.4 is 10.1 Å². The number of ether oxygens (including phenoxy) is 1. The highest BCUT2D eigenvalue weighted by Gasteiger charge is 1.97. The van der Waals surface area contributed by atoms with Gasteiger partial charge in [0.05, 0.1) is 0 Å². The van der Waals surface area contributed by atoms with E-state index in [-0.39, 0.29) is 0 Å². The molecule has 1 aromatic carbocycles. The number of benzene rings is 1. The summed E-state index contributed by atoms with van der Waals surface area (Å²) in [4.78, 5) is 0. The Morgan fingerprint density at radius 3 is 2.56 bits per heavy atom. The Morgan fingerprint density at radius 1 is 1.31 bits per heavy atom. The van der Waals surface area contributed by atoms with Crippen LogP contribution in [0.25, 0.3) is 0 Å². The highest BCUT2D eigenvalue weighted by molar-refractivity contribution is 5.27. The quantitative estimate of drug-likeness (QED) is 0.712. The van der Waals surface area contributed by atoms with Gasteiger partial charge in [-0.15, -0.1) is 0 Å². The van der Waals surface area contributed by atoms with E-state index in [4.69, 9.17) is 4.74 Å². The van der Waals surface area contributed by atoms with Crippen molar-refractivity contribution >= 4 is 0 Å². The van der Waals surface area contributed by atoms with Gasteiger partial charge in [-0.2, -0.15) is 0 Å². The van der Waals surface area contributed by atoms with Crippen molar-refractivity contribution in [1.29, 1.82) is 0 Å². The van der Waals surface area contributed by atoms with Gasteiger partial charge in [-0.1, -0.05) is 32.1 Å². The molecule has 0 radical (unpaired) electrons. The molecule has 1 aromatic rings. The van der Waals surface area contributed by atoms with Gasteiger partial charge >= 0.3 is 0 Å². The Hall–Kier alpha value is -1.28. The standard InChI is InChI=1S/C14H21NO/c1-4-5-13-6-8-14(9-7-13)16-11-12(2)10-15-3/h6-9,15H,2,4-5,10-11H2,1,3H3. The summed E-state index contributed by atoms with van der Waals surface area (Å²) in [5, 5.41) is 3.05. The van der Waals surface area contributed by atoms with Crippen LogP contribution in [0.4, 0.5) is 0 Å². The smallest absolute Gasteiger partial charge is 0.119 e. The Balaban J connectivity index is 2.40. The highest BCUT2D eigenvalue weighted by atomic mass is 16.5. The van der Waals surface area contributed by atoms with Crippen LogP contribution >= 0.6 is 0 Å². The molecule has 0 bridgehead atoms. The van der Waals surface area contributed by atoms with Gasteiger partial charge in [-0.3, -0.25) is 0 Å². The summed E-state index contributed by atoms with van der Waals surface area (Å²) in [7, 11) is 1.91.